The summed E-state index contributed by atoms with van der Waals surface area (Å²) < 4.78 is 0. The molecule has 0 amide bonds. The molecule has 0 aromatic heterocycles. The van der Waals surface area contributed by atoms with Crippen molar-refractivity contribution in [1.82, 2.24) is 4.90 Å². The van der Waals surface area contributed by atoms with Gasteiger partial charge in [0.1, 0.15) is 0 Å². The van der Waals surface area contributed by atoms with Gasteiger partial charge in [0, 0.05) is 13.6 Å². The molecule has 0 saturated heterocycles. The highest BCUT2D eigenvalue weighted by molar-refractivity contribution is 5.72. The lowest BCUT2D eigenvalue weighted by atomic mass is 10.3. The van der Waals surface area contributed by atoms with E-state index in [1.54, 1.807) is 11.9 Å². The predicted octanol–water partition coefficient (Wildman–Crippen LogP) is 1.77. The lowest BCUT2D eigenvalue weighted by Gasteiger charge is -2.24. The Kier molecular flexibility index (Phi) is 4.68. The molecule has 15 heavy (non-hydrogen) atoms. The molecule has 0 unspecified atom stereocenters. The lowest BCUT2D eigenvalue weighted by Crippen LogP contribution is -2.37. The average molecular weight is 205 g/mol. The maximum absolute atomic E-state index is 11.6. The molecule has 1 aromatic carbocycles. The van der Waals surface area contributed by atoms with Crippen LogP contribution in [0.1, 0.15) is 19.8 Å². The quantitative estimate of drug-likeness (QED) is 0.555. The van der Waals surface area contributed by atoms with Crippen LogP contribution in [0.15, 0.2) is 35.3 Å². The number of hydrogen-bond acceptors (Lipinski definition) is 2. The van der Waals surface area contributed by atoms with Crippen LogP contribution >= 0.6 is 0 Å². The molecule has 3 heteroatoms. The number of aliphatic imine (C=N–C) groups is 1. The van der Waals surface area contributed by atoms with Crippen molar-refractivity contribution < 1.29 is 5.11 Å². The van der Waals surface area contributed by atoms with Crippen molar-refractivity contribution in [2.45, 2.75) is 19.8 Å². The molecule has 0 radical (unpaired) electrons. The standard InChI is InChI=1S/C12H18N2O/c1-3-4-10-14(2)12(15)13-11-8-6-5-7-9-11/h5-9H,3-4,10H2,1-2H3,(H,13,15)/p-1. The molecule has 0 N–H and O–H groups in total. The molecule has 0 aliphatic heterocycles. The third-order valence-corrected chi connectivity index (χ3v) is 2.15. The van der Waals surface area contributed by atoms with Gasteiger partial charge in [0.25, 0.3) is 0 Å². The first-order chi connectivity index (χ1) is 7.24. The molecule has 0 atom stereocenters. The third-order valence-electron chi connectivity index (χ3n) is 2.15. The van der Waals surface area contributed by atoms with Crippen molar-refractivity contribution in [1.29, 1.82) is 0 Å². The summed E-state index contributed by atoms with van der Waals surface area (Å²) in [6.07, 6.45) is 2.11. The molecule has 0 spiro atoms. The predicted molar refractivity (Wildman–Crippen MR) is 61.1 cm³/mol. The topological polar surface area (TPSA) is 38.7 Å². The van der Waals surface area contributed by atoms with E-state index in [4.69, 9.17) is 0 Å². The summed E-state index contributed by atoms with van der Waals surface area (Å²) in [5.74, 6) is 0. The van der Waals surface area contributed by atoms with Crippen LogP contribution in [0, 0.1) is 0 Å². The Hall–Kier alpha value is -1.51. The fraction of sp³-hybridized carbons (Fsp3) is 0.417. The Bertz CT molecular complexity index is 309. The largest absolute Gasteiger partial charge is 0.846 e. The number of rotatable bonds is 4. The van der Waals surface area contributed by atoms with E-state index in [9.17, 15) is 5.11 Å². The van der Waals surface area contributed by atoms with Crippen LogP contribution < -0.4 is 5.11 Å². The van der Waals surface area contributed by atoms with Crippen LogP contribution in [-0.2, 0) is 0 Å². The summed E-state index contributed by atoms with van der Waals surface area (Å²) in [5, 5.41) is 11.6. The molecular formula is C12H17N2O-. The van der Waals surface area contributed by atoms with Crippen LogP contribution in [-0.4, -0.2) is 24.5 Å². The van der Waals surface area contributed by atoms with Crippen LogP contribution in [0.2, 0.25) is 0 Å². The summed E-state index contributed by atoms with van der Waals surface area (Å²) in [4.78, 5) is 5.65. The average Bonchev–Trinajstić information content (AvgIpc) is 2.27. The first-order valence-electron chi connectivity index (χ1n) is 5.26. The molecule has 0 fully saturated rings. The molecular weight excluding hydrogens is 188 g/mol. The van der Waals surface area contributed by atoms with Crippen LogP contribution in [0.3, 0.4) is 0 Å². The minimum atomic E-state index is -0.172. The smallest absolute Gasteiger partial charge is 0.0640 e. The Balaban J connectivity index is 2.59. The van der Waals surface area contributed by atoms with E-state index in [-0.39, 0.29) is 6.02 Å². The lowest BCUT2D eigenvalue weighted by molar-refractivity contribution is -0.233. The molecule has 0 saturated carbocycles. The molecule has 0 aliphatic rings. The second-order valence-electron chi connectivity index (χ2n) is 3.51. The van der Waals surface area contributed by atoms with Gasteiger partial charge in [0.05, 0.1) is 11.7 Å². The van der Waals surface area contributed by atoms with Crippen molar-refractivity contribution in [2.75, 3.05) is 13.6 Å². The van der Waals surface area contributed by atoms with Gasteiger partial charge in [-0.15, -0.1) is 0 Å². The maximum Gasteiger partial charge on any atom is 0.0640 e. The zero-order valence-electron chi connectivity index (χ0n) is 9.31. The van der Waals surface area contributed by atoms with Gasteiger partial charge < -0.3 is 10.0 Å². The van der Waals surface area contributed by atoms with E-state index in [1.165, 1.54) is 0 Å². The number of para-hydroxylation sites is 1. The van der Waals surface area contributed by atoms with Gasteiger partial charge in [-0.2, -0.15) is 0 Å². The number of hydrogen-bond donors (Lipinski definition) is 0. The Morgan fingerprint density at radius 1 is 1.33 bits per heavy atom. The van der Waals surface area contributed by atoms with Crippen molar-refractivity contribution in [3.8, 4) is 0 Å². The van der Waals surface area contributed by atoms with Crippen LogP contribution in [0.4, 0.5) is 5.69 Å². The third kappa shape index (κ3) is 4.02. The first-order valence-corrected chi connectivity index (χ1v) is 5.26. The molecule has 0 bridgehead atoms. The van der Waals surface area contributed by atoms with Gasteiger partial charge in [-0.25, -0.2) is 4.99 Å². The van der Waals surface area contributed by atoms with E-state index in [0.717, 1.165) is 19.4 Å². The van der Waals surface area contributed by atoms with E-state index in [1.807, 2.05) is 30.3 Å². The van der Waals surface area contributed by atoms with Gasteiger partial charge >= 0.3 is 0 Å². The van der Waals surface area contributed by atoms with Gasteiger partial charge in [0.15, 0.2) is 0 Å². The number of unbranched alkanes of at least 4 members (excludes halogenated alkanes) is 1. The van der Waals surface area contributed by atoms with Crippen LogP contribution in [0.5, 0.6) is 0 Å². The van der Waals surface area contributed by atoms with Gasteiger partial charge in [-0.05, 0) is 18.6 Å². The molecule has 0 aliphatic carbocycles. The van der Waals surface area contributed by atoms with Gasteiger partial charge in [-0.1, -0.05) is 31.5 Å². The number of amidine groups is 1. The molecule has 0 heterocycles. The van der Waals surface area contributed by atoms with Crippen molar-refractivity contribution in [3.05, 3.63) is 30.3 Å². The van der Waals surface area contributed by atoms with E-state index >= 15 is 0 Å². The fourth-order valence-corrected chi connectivity index (χ4v) is 1.19. The highest BCUT2D eigenvalue weighted by Crippen LogP contribution is 2.09. The second-order valence-corrected chi connectivity index (χ2v) is 3.51. The molecule has 82 valence electrons. The first kappa shape index (κ1) is 11.6. The molecule has 1 rings (SSSR count). The minimum Gasteiger partial charge on any atom is -0.846 e. The number of benzene rings is 1. The zero-order chi connectivity index (χ0) is 11.1. The Morgan fingerprint density at radius 2 is 2.00 bits per heavy atom. The van der Waals surface area contributed by atoms with E-state index in [2.05, 4.69) is 11.9 Å². The maximum atomic E-state index is 11.6. The highest BCUT2D eigenvalue weighted by Gasteiger charge is 1.95. The van der Waals surface area contributed by atoms with Gasteiger partial charge in [-0.3, -0.25) is 0 Å². The van der Waals surface area contributed by atoms with E-state index in [0.29, 0.717) is 5.69 Å². The Morgan fingerprint density at radius 3 is 2.60 bits per heavy atom. The normalized spacial score (nSPS) is 11.5. The van der Waals surface area contributed by atoms with Gasteiger partial charge in [0.2, 0.25) is 0 Å². The summed E-state index contributed by atoms with van der Waals surface area (Å²) in [5.41, 5.74) is 0.714. The van der Waals surface area contributed by atoms with Crippen molar-refractivity contribution in [3.63, 3.8) is 0 Å². The van der Waals surface area contributed by atoms with E-state index < -0.39 is 0 Å². The summed E-state index contributed by atoms with van der Waals surface area (Å²) in [6, 6.07) is 9.13. The SMILES string of the molecule is CCCCN(C)C([O-])=Nc1ccccc1. The molecule has 3 nitrogen and oxygen atoms in total. The minimum absolute atomic E-state index is 0.172. The van der Waals surface area contributed by atoms with Crippen molar-refractivity contribution in [2.24, 2.45) is 4.99 Å². The summed E-state index contributed by atoms with van der Waals surface area (Å²) in [6.45, 7) is 2.87. The zero-order valence-corrected chi connectivity index (χ0v) is 9.31. The number of nitrogens with zero attached hydrogens (tertiary/aromatic N) is 2. The molecule has 1 aromatic rings. The summed E-state index contributed by atoms with van der Waals surface area (Å²) >= 11 is 0. The van der Waals surface area contributed by atoms with Crippen molar-refractivity contribution >= 4 is 11.7 Å². The monoisotopic (exact) mass is 205 g/mol. The fourth-order valence-electron chi connectivity index (χ4n) is 1.19. The second kappa shape index (κ2) is 6.06. The highest BCUT2D eigenvalue weighted by atomic mass is 16.3. The van der Waals surface area contributed by atoms with Crippen LogP contribution in [0.25, 0.3) is 0 Å². The Labute approximate surface area is 91.1 Å². The summed E-state index contributed by atoms with van der Waals surface area (Å²) in [7, 11) is 1.78.